The van der Waals surface area contributed by atoms with Gasteiger partial charge in [-0.25, -0.2) is 0 Å². The van der Waals surface area contributed by atoms with Crippen molar-refractivity contribution < 1.29 is 9.59 Å². The summed E-state index contributed by atoms with van der Waals surface area (Å²) >= 11 is 0. The molecule has 1 aromatic heterocycles. The van der Waals surface area contributed by atoms with Gasteiger partial charge in [-0.1, -0.05) is 18.2 Å². The van der Waals surface area contributed by atoms with Crippen LogP contribution in [0.1, 0.15) is 22.3 Å². The molecule has 2 rings (SSSR count). The maximum Gasteiger partial charge on any atom is 0.251 e. The molecule has 0 atom stereocenters. The smallest absolute Gasteiger partial charge is 0.251 e. The Labute approximate surface area is 127 Å². The molecule has 2 N–H and O–H groups in total. The maximum atomic E-state index is 12.0. The molecule has 0 bridgehead atoms. The van der Waals surface area contributed by atoms with Crippen LogP contribution in [0.2, 0.25) is 0 Å². The van der Waals surface area contributed by atoms with E-state index in [9.17, 15) is 9.59 Å². The summed E-state index contributed by atoms with van der Waals surface area (Å²) in [5.74, 6) is -0.601. The standard InChI is InChI=1S/C16H14N4O2/c17-8-5-15(21)20-14-4-2-1-3-13(14)11-19-16(22)12-6-9-18-10-7-12/h1-4,6-7,9-10H,5,11H2,(H,19,22)(H,20,21). The number of para-hydroxylation sites is 1. The molecule has 0 saturated heterocycles. The number of hydrogen-bond donors (Lipinski definition) is 2. The highest BCUT2D eigenvalue weighted by molar-refractivity contribution is 5.94. The van der Waals surface area contributed by atoms with Gasteiger partial charge in [-0.15, -0.1) is 0 Å². The number of carbonyl (C=O) groups excluding carboxylic acids is 2. The van der Waals surface area contributed by atoms with E-state index in [1.165, 1.54) is 0 Å². The van der Waals surface area contributed by atoms with Crippen molar-refractivity contribution in [1.29, 1.82) is 5.26 Å². The van der Waals surface area contributed by atoms with Gasteiger partial charge in [0.15, 0.2) is 0 Å². The quantitative estimate of drug-likeness (QED) is 0.880. The van der Waals surface area contributed by atoms with E-state index in [2.05, 4.69) is 15.6 Å². The molecule has 0 spiro atoms. The summed E-state index contributed by atoms with van der Waals surface area (Å²) in [6.45, 7) is 0.268. The molecule has 2 aromatic rings. The van der Waals surface area contributed by atoms with Crippen LogP contribution in [-0.4, -0.2) is 16.8 Å². The lowest BCUT2D eigenvalue weighted by Crippen LogP contribution is -2.23. The summed E-state index contributed by atoms with van der Waals surface area (Å²) in [5, 5.41) is 13.9. The number of pyridine rings is 1. The molecule has 110 valence electrons. The first-order valence-electron chi connectivity index (χ1n) is 6.63. The molecule has 6 heteroatoms. The third kappa shape index (κ3) is 4.15. The fourth-order valence-corrected chi connectivity index (χ4v) is 1.84. The number of nitriles is 1. The monoisotopic (exact) mass is 294 g/mol. The molecule has 0 aliphatic carbocycles. The number of nitrogens with one attached hydrogen (secondary N) is 2. The Morgan fingerprint density at radius 2 is 1.86 bits per heavy atom. The molecular weight excluding hydrogens is 280 g/mol. The number of benzene rings is 1. The number of amides is 2. The summed E-state index contributed by atoms with van der Waals surface area (Å²) < 4.78 is 0. The zero-order chi connectivity index (χ0) is 15.8. The second-order valence-electron chi connectivity index (χ2n) is 4.46. The SMILES string of the molecule is N#CCC(=O)Nc1ccccc1CNC(=O)c1ccncc1. The predicted molar refractivity (Wildman–Crippen MR) is 80.7 cm³/mol. The van der Waals surface area contributed by atoms with Gasteiger partial charge in [-0.2, -0.15) is 5.26 Å². The Hall–Kier alpha value is -3.20. The number of carbonyl (C=O) groups is 2. The average Bonchev–Trinajstić information content (AvgIpc) is 2.55. The van der Waals surface area contributed by atoms with Crippen molar-refractivity contribution in [3.05, 3.63) is 59.9 Å². The first-order chi connectivity index (χ1) is 10.7. The summed E-state index contributed by atoms with van der Waals surface area (Å²) in [4.78, 5) is 27.3. The van der Waals surface area contributed by atoms with Gasteiger partial charge in [0.1, 0.15) is 6.42 Å². The number of nitrogens with zero attached hydrogens (tertiary/aromatic N) is 2. The molecule has 6 nitrogen and oxygen atoms in total. The minimum absolute atomic E-state index is 0.211. The summed E-state index contributed by atoms with van der Waals surface area (Å²) in [6, 6.07) is 12.1. The predicted octanol–water partition coefficient (Wildman–Crippen LogP) is 1.86. The Balaban J connectivity index is 2.03. The first kappa shape index (κ1) is 15.2. The Kier molecular flexibility index (Phi) is 5.21. The molecule has 0 saturated carbocycles. The lowest BCUT2D eigenvalue weighted by Gasteiger charge is -2.11. The molecule has 1 heterocycles. The van der Waals surface area contributed by atoms with Crippen molar-refractivity contribution in [3.8, 4) is 6.07 Å². The molecular formula is C16H14N4O2. The van der Waals surface area contributed by atoms with Crippen molar-refractivity contribution in [2.24, 2.45) is 0 Å². The van der Waals surface area contributed by atoms with Crippen LogP contribution in [0.25, 0.3) is 0 Å². The van der Waals surface area contributed by atoms with Gasteiger partial charge in [-0.3, -0.25) is 14.6 Å². The van der Waals surface area contributed by atoms with Crippen LogP contribution >= 0.6 is 0 Å². The molecule has 0 unspecified atom stereocenters. The molecule has 2 amide bonds. The summed E-state index contributed by atoms with van der Waals surface area (Å²) in [7, 11) is 0. The molecule has 0 fully saturated rings. The van der Waals surface area contributed by atoms with Crippen LogP contribution in [0.5, 0.6) is 0 Å². The largest absolute Gasteiger partial charge is 0.348 e. The summed E-state index contributed by atoms with van der Waals surface area (Å²) in [5.41, 5.74) is 1.86. The van der Waals surface area contributed by atoms with E-state index < -0.39 is 0 Å². The normalized spacial score (nSPS) is 9.59. The lowest BCUT2D eigenvalue weighted by molar-refractivity contribution is -0.115. The Morgan fingerprint density at radius 1 is 1.14 bits per heavy atom. The number of anilines is 1. The second kappa shape index (κ2) is 7.55. The van der Waals surface area contributed by atoms with E-state index in [1.807, 2.05) is 6.07 Å². The van der Waals surface area contributed by atoms with Gasteiger partial charge < -0.3 is 10.6 Å². The van der Waals surface area contributed by atoms with Crippen LogP contribution in [0, 0.1) is 11.3 Å². The van der Waals surface area contributed by atoms with Crippen LogP contribution < -0.4 is 10.6 Å². The minimum atomic E-state index is -0.379. The van der Waals surface area contributed by atoms with E-state index in [-0.39, 0.29) is 24.8 Å². The fraction of sp³-hybridized carbons (Fsp3) is 0.125. The number of rotatable bonds is 5. The Bertz CT molecular complexity index is 708. The van der Waals surface area contributed by atoms with Crippen molar-refractivity contribution in [3.63, 3.8) is 0 Å². The van der Waals surface area contributed by atoms with Crippen molar-refractivity contribution in [2.75, 3.05) is 5.32 Å². The second-order valence-corrected chi connectivity index (χ2v) is 4.46. The van der Waals surface area contributed by atoms with Crippen molar-refractivity contribution in [1.82, 2.24) is 10.3 Å². The topological polar surface area (TPSA) is 94.9 Å². The first-order valence-corrected chi connectivity index (χ1v) is 6.63. The van der Waals surface area contributed by atoms with Crippen molar-refractivity contribution >= 4 is 17.5 Å². The van der Waals surface area contributed by atoms with E-state index in [4.69, 9.17) is 5.26 Å². The molecule has 0 radical (unpaired) electrons. The minimum Gasteiger partial charge on any atom is -0.348 e. The van der Waals surface area contributed by atoms with Gasteiger partial charge in [0.05, 0.1) is 6.07 Å². The van der Waals surface area contributed by atoms with E-state index >= 15 is 0 Å². The van der Waals surface area contributed by atoms with Gasteiger partial charge in [0, 0.05) is 30.2 Å². The highest BCUT2D eigenvalue weighted by atomic mass is 16.2. The van der Waals surface area contributed by atoms with Crippen LogP contribution in [0.15, 0.2) is 48.8 Å². The third-order valence-electron chi connectivity index (χ3n) is 2.91. The molecule has 0 aliphatic heterocycles. The van der Waals surface area contributed by atoms with Gasteiger partial charge in [0.2, 0.25) is 5.91 Å². The van der Waals surface area contributed by atoms with E-state index in [0.29, 0.717) is 11.3 Å². The molecule has 1 aromatic carbocycles. The van der Waals surface area contributed by atoms with Gasteiger partial charge >= 0.3 is 0 Å². The highest BCUT2D eigenvalue weighted by Crippen LogP contribution is 2.15. The van der Waals surface area contributed by atoms with Crippen molar-refractivity contribution in [2.45, 2.75) is 13.0 Å². The lowest BCUT2D eigenvalue weighted by atomic mass is 10.1. The zero-order valence-electron chi connectivity index (χ0n) is 11.7. The van der Waals surface area contributed by atoms with E-state index in [1.54, 1.807) is 48.8 Å². The fourth-order valence-electron chi connectivity index (χ4n) is 1.84. The molecule has 22 heavy (non-hydrogen) atoms. The van der Waals surface area contributed by atoms with Gasteiger partial charge in [0.25, 0.3) is 5.91 Å². The zero-order valence-corrected chi connectivity index (χ0v) is 11.7. The number of hydrogen-bond acceptors (Lipinski definition) is 4. The average molecular weight is 294 g/mol. The molecule has 0 aliphatic rings. The number of aromatic nitrogens is 1. The van der Waals surface area contributed by atoms with Crippen LogP contribution in [-0.2, 0) is 11.3 Å². The highest BCUT2D eigenvalue weighted by Gasteiger charge is 2.08. The summed E-state index contributed by atoms with van der Waals surface area (Å²) in [6.07, 6.45) is 2.88. The third-order valence-corrected chi connectivity index (χ3v) is 2.91. The Morgan fingerprint density at radius 3 is 2.59 bits per heavy atom. The van der Waals surface area contributed by atoms with Crippen LogP contribution in [0.3, 0.4) is 0 Å². The van der Waals surface area contributed by atoms with Crippen LogP contribution in [0.4, 0.5) is 5.69 Å². The maximum absolute atomic E-state index is 12.0. The van der Waals surface area contributed by atoms with E-state index in [0.717, 1.165) is 5.56 Å². The van der Waals surface area contributed by atoms with Gasteiger partial charge in [-0.05, 0) is 23.8 Å².